The van der Waals surface area contributed by atoms with Gasteiger partial charge >= 0.3 is 0 Å². The molecule has 1 fully saturated rings. The maximum Gasteiger partial charge on any atom is 0.186 e. The summed E-state index contributed by atoms with van der Waals surface area (Å²) in [5.74, 6) is 2.30. The highest BCUT2D eigenvalue weighted by Crippen LogP contribution is 2.46. The second-order valence-corrected chi connectivity index (χ2v) is 9.15. The SMILES string of the molecule is CC[C@H]1[C@@H](C)B2c3c(ccc4c3-c3ccccc3C4)C[C@@H](C)[C@H]2CN1C. The van der Waals surface area contributed by atoms with Crippen LogP contribution in [0.25, 0.3) is 11.1 Å². The maximum absolute atomic E-state index is 2.66. The molecule has 2 aromatic rings. The van der Waals surface area contributed by atoms with Crippen LogP contribution in [0.1, 0.15) is 43.9 Å². The van der Waals surface area contributed by atoms with Gasteiger partial charge in [-0.05, 0) is 72.7 Å². The van der Waals surface area contributed by atoms with Gasteiger partial charge in [-0.3, -0.25) is 0 Å². The van der Waals surface area contributed by atoms with E-state index in [1.807, 2.05) is 0 Å². The molecule has 0 radical (unpaired) electrons. The standard InChI is InChI=1S/C24H30BN/c1-5-22-16(3)25-21(14-26(22)4)15(2)12-19-11-10-18-13-17-8-6-7-9-20(17)23(18)24(19)25/h6-11,15-16,21-22H,5,12-14H2,1-4H3/t15-,16-,21-,22+/m1/s1. The zero-order chi connectivity index (χ0) is 18.0. The van der Waals surface area contributed by atoms with Crippen molar-refractivity contribution >= 4 is 12.2 Å². The summed E-state index contributed by atoms with van der Waals surface area (Å²) in [4.78, 5) is 2.66. The molecule has 2 heterocycles. The first kappa shape index (κ1) is 16.6. The van der Waals surface area contributed by atoms with Gasteiger partial charge in [0.1, 0.15) is 0 Å². The minimum Gasteiger partial charge on any atom is -0.304 e. The molecule has 5 rings (SSSR count). The molecule has 0 amide bonds. The molecule has 0 spiro atoms. The van der Waals surface area contributed by atoms with Crippen LogP contribution in [-0.2, 0) is 12.8 Å². The van der Waals surface area contributed by atoms with Crippen molar-refractivity contribution in [2.45, 2.75) is 57.7 Å². The lowest BCUT2D eigenvalue weighted by molar-refractivity contribution is 0.192. The highest BCUT2D eigenvalue weighted by atomic mass is 15.1. The average Bonchev–Trinajstić information content (AvgIpc) is 3.01. The maximum atomic E-state index is 2.66. The van der Waals surface area contributed by atoms with Gasteiger partial charge in [0.15, 0.2) is 6.71 Å². The topological polar surface area (TPSA) is 3.24 Å². The molecule has 1 saturated heterocycles. The fraction of sp³-hybridized carbons (Fsp3) is 0.500. The van der Waals surface area contributed by atoms with Crippen LogP contribution >= 0.6 is 0 Å². The van der Waals surface area contributed by atoms with Crippen LogP contribution in [0.2, 0.25) is 11.6 Å². The second kappa shape index (κ2) is 5.99. The van der Waals surface area contributed by atoms with E-state index in [2.05, 4.69) is 69.1 Å². The number of rotatable bonds is 1. The number of nitrogens with zero attached hydrogens (tertiary/aromatic N) is 1. The molecule has 3 aliphatic rings. The van der Waals surface area contributed by atoms with E-state index < -0.39 is 0 Å². The fourth-order valence-corrected chi connectivity index (χ4v) is 6.66. The van der Waals surface area contributed by atoms with Gasteiger partial charge in [-0.2, -0.15) is 0 Å². The van der Waals surface area contributed by atoms with E-state index in [-0.39, 0.29) is 0 Å². The molecule has 0 saturated carbocycles. The molecule has 2 heteroatoms. The summed E-state index contributed by atoms with van der Waals surface area (Å²) in [6, 6.07) is 14.7. The van der Waals surface area contributed by atoms with Gasteiger partial charge in [0, 0.05) is 6.04 Å². The van der Waals surface area contributed by atoms with Crippen molar-refractivity contribution in [3.05, 3.63) is 53.1 Å². The molecule has 2 aromatic carbocycles. The lowest BCUT2D eigenvalue weighted by Crippen LogP contribution is -2.59. The summed E-state index contributed by atoms with van der Waals surface area (Å²) in [7, 11) is 2.36. The van der Waals surface area contributed by atoms with Crippen LogP contribution in [0, 0.1) is 5.92 Å². The first-order valence-electron chi connectivity index (χ1n) is 10.5. The Morgan fingerprint density at radius 1 is 1.04 bits per heavy atom. The quantitative estimate of drug-likeness (QED) is 0.582. The van der Waals surface area contributed by atoms with Crippen LogP contribution in [0.5, 0.6) is 0 Å². The zero-order valence-electron chi connectivity index (χ0n) is 16.6. The highest BCUT2D eigenvalue weighted by molar-refractivity contribution is 6.78. The lowest BCUT2D eigenvalue weighted by atomic mass is 9.24. The Morgan fingerprint density at radius 3 is 2.62 bits per heavy atom. The van der Waals surface area contributed by atoms with Gasteiger partial charge in [-0.25, -0.2) is 0 Å². The first-order valence-corrected chi connectivity index (χ1v) is 10.5. The molecule has 0 N–H and O–H groups in total. The minimum absolute atomic E-state index is 0.710. The predicted octanol–water partition coefficient (Wildman–Crippen LogP) is 4.64. The number of fused-ring (bicyclic) bond motifs is 7. The van der Waals surface area contributed by atoms with E-state index in [9.17, 15) is 0 Å². The van der Waals surface area contributed by atoms with Crippen molar-refractivity contribution in [2.24, 2.45) is 5.92 Å². The molecule has 0 unspecified atom stereocenters. The normalized spacial score (nSPS) is 29.8. The van der Waals surface area contributed by atoms with Crippen molar-refractivity contribution in [1.82, 2.24) is 4.90 Å². The molecular weight excluding hydrogens is 313 g/mol. The Labute approximate surface area is 158 Å². The molecule has 1 nitrogen and oxygen atoms in total. The van der Waals surface area contributed by atoms with Crippen LogP contribution in [0.4, 0.5) is 0 Å². The Bertz CT molecular complexity index is 857. The Kier molecular flexibility index (Phi) is 3.83. The molecule has 0 bridgehead atoms. The monoisotopic (exact) mass is 343 g/mol. The van der Waals surface area contributed by atoms with E-state index in [4.69, 9.17) is 0 Å². The van der Waals surface area contributed by atoms with Crippen molar-refractivity contribution in [2.75, 3.05) is 13.6 Å². The van der Waals surface area contributed by atoms with Crippen molar-refractivity contribution in [3.8, 4) is 11.1 Å². The third-order valence-corrected chi connectivity index (χ3v) is 7.81. The third-order valence-electron chi connectivity index (χ3n) is 7.81. The molecule has 1 aliphatic carbocycles. The van der Waals surface area contributed by atoms with Gasteiger partial charge in [-0.1, -0.05) is 68.2 Å². The molecule has 0 aromatic heterocycles. The molecule has 26 heavy (non-hydrogen) atoms. The van der Waals surface area contributed by atoms with Gasteiger partial charge in [-0.15, -0.1) is 0 Å². The lowest BCUT2D eigenvalue weighted by Gasteiger charge is -2.51. The van der Waals surface area contributed by atoms with Gasteiger partial charge < -0.3 is 4.90 Å². The fourth-order valence-electron chi connectivity index (χ4n) is 6.66. The summed E-state index contributed by atoms with van der Waals surface area (Å²) in [6.45, 7) is 9.38. The zero-order valence-corrected chi connectivity index (χ0v) is 16.6. The average molecular weight is 343 g/mol. The molecule has 2 aliphatic heterocycles. The van der Waals surface area contributed by atoms with Crippen LogP contribution < -0.4 is 5.46 Å². The largest absolute Gasteiger partial charge is 0.304 e. The van der Waals surface area contributed by atoms with Gasteiger partial charge in [0.05, 0.1) is 0 Å². The van der Waals surface area contributed by atoms with Crippen molar-refractivity contribution < 1.29 is 0 Å². The van der Waals surface area contributed by atoms with Crippen molar-refractivity contribution in [1.29, 1.82) is 0 Å². The smallest absolute Gasteiger partial charge is 0.186 e. The number of hydrogen-bond donors (Lipinski definition) is 0. The molecule has 134 valence electrons. The van der Waals surface area contributed by atoms with Crippen LogP contribution in [0.3, 0.4) is 0 Å². The Balaban J connectivity index is 1.72. The first-order chi connectivity index (χ1) is 12.6. The summed E-state index contributed by atoms with van der Waals surface area (Å²) in [6.07, 6.45) is 3.64. The van der Waals surface area contributed by atoms with Gasteiger partial charge in [0.25, 0.3) is 0 Å². The highest BCUT2D eigenvalue weighted by Gasteiger charge is 2.48. The van der Waals surface area contributed by atoms with Crippen LogP contribution in [-0.4, -0.2) is 31.2 Å². The third kappa shape index (κ3) is 2.21. The summed E-state index contributed by atoms with van der Waals surface area (Å²) < 4.78 is 0. The number of hydrogen-bond acceptors (Lipinski definition) is 1. The van der Waals surface area contributed by atoms with Crippen molar-refractivity contribution in [3.63, 3.8) is 0 Å². The summed E-state index contributed by atoms with van der Waals surface area (Å²) in [5.41, 5.74) is 9.60. The Hall–Kier alpha value is -1.54. The minimum atomic E-state index is 0.710. The van der Waals surface area contributed by atoms with E-state index in [1.54, 1.807) is 22.2 Å². The molecular formula is C24H30BN. The Morgan fingerprint density at radius 2 is 1.81 bits per heavy atom. The van der Waals surface area contributed by atoms with E-state index in [0.717, 1.165) is 30.7 Å². The van der Waals surface area contributed by atoms with Gasteiger partial charge in [0.2, 0.25) is 0 Å². The summed E-state index contributed by atoms with van der Waals surface area (Å²) >= 11 is 0. The van der Waals surface area contributed by atoms with E-state index in [1.165, 1.54) is 30.5 Å². The van der Waals surface area contributed by atoms with Crippen LogP contribution in [0.15, 0.2) is 36.4 Å². The molecule has 4 atom stereocenters. The van der Waals surface area contributed by atoms with E-state index in [0.29, 0.717) is 6.04 Å². The van der Waals surface area contributed by atoms with E-state index >= 15 is 0 Å². The summed E-state index contributed by atoms with van der Waals surface area (Å²) in [5, 5.41) is 0. The second-order valence-electron chi connectivity index (χ2n) is 9.15. The number of benzene rings is 2. The predicted molar refractivity (Wildman–Crippen MR) is 113 cm³/mol.